The average molecular weight is 330 g/mol. The Morgan fingerprint density at radius 3 is 2.83 bits per heavy atom. The molecule has 3 rings (SSSR count). The van der Waals surface area contributed by atoms with E-state index in [1.807, 2.05) is 10.9 Å². The van der Waals surface area contributed by atoms with E-state index in [-0.39, 0.29) is 5.92 Å². The molecule has 0 saturated carbocycles. The summed E-state index contributed by atoms with van der Waals surface area (Å²) in [4.78, 5) is 17.3. The van der Waals surface area contributed by atoms with Gasteiger partial charge in [-0.25, -0.2) is 0 Å². The van der Waals surface area contributed by atoms with Gasteiger partial charge in [-0.2, -0.15) is 5.10 Å². The maximum Gasteiger partial charge on any atom is 0.226 e. The number of rotatable bonds is 4. The Balaban J connectivity index is 1.52. The normalized spacial score (nSPS) is 22.8. The van der Waals surface area contributed by atoms with Crippen molar-refractivity contribution < 1.29 is 4.79 Å². The smallest absolute Gasteiger partial charge is 0.226 e. The van der Waals surface area contributed by atoms with Crippen molar-refractivity contribution in [2.75, 3.05) is 26.2 Å². The summed E-state index contributed by atoms with van der Waals surface area (Å²) in [5.41, 5.74) is 1.26. The van der Waals surface area contributed by atoms with Gasteiger partial charge in [0.15, 0.2) is 0 Å². The molecule has 2 aliphatic rings. The summed E-state index contributed by atoms with van der Waals surface area (Å²) in [6, 6.07) is 0.403. The molecule has 5 nitrogen and oxygen atoms in total. The number of aromatic nitrogens is 2. The van der Waals surface area contributed by atoms with Gasteiger partial charge in [-0.05, 0) is 39.5 Å². The van der Waals surface area contributed by atoms with Gasteiger partial charge in [0.1, 0.15) is 0 Å². The molecule has 0 radical (unpaired) electrons. The number of amides is 1. The fourth-order valence-corrected chi connectivity index (χ4v) is 3.63. The van der Waals surface area contributed by atoms with Crippen LogP contribution in [0.15, 0.2) is 24.5 Å². The third-order valence-electron chi connectivity index (χ3n) is 5.11. The zero-order valence-electron chi connectivity index (χ0n) is 15.0. The van der Waals surface area contributed by atoms with Crippen LogP contribution in [0.5, 0.6) is 0 Å². The Labute approximate surface area is 145 Å². The lowest BCUT2D eigenvalue weighted by atomic mass is 9.93. The summed E-state index contributed by atoms with van der Waals surface area (Å²) in [6.07, 6.45) is 12.5. The number of carbonyl (C=O) groups excluding carboxylic acids is 1. The lowest BCUT2D eigenvalue weighted by molar-refractivity contribution is -0.135. The third-order valence-corrected chi connectivity index (χ3v) is 5.11. The Bertz CT molecular complexity index is 578. The first kappa shape index (κ1) is 17.2. The van der Waals surface area contributed by atoms with Gasteiger partial charge >= 0.3 is 0 Å². The van der Waals surface area contributed by atoms with Gasteiger partial charge in [0.2, 0.25) is 5.91 Å². The summed E-state index contributed by atoms with van der Waals surface area (Å²) in [5, 5.41) is 4.43. The van der Waals surface area contributed by atoms with Gasteiger partial charge in [0.05, 0.1) is 6.20 Å². The molecule has 0 N–H and O–H groups in total. The second-order valence-electron chi connectivity index (χ2n) is 7.36. The molecule has 1 aromatic rings. The fourth-order valence-electron chi connectivity index (χ4n) is 3.63. The molecule has 1 aliphatic heterocycles. The zero-order valence-corrected chi connectivity index (χ0v) is 15.0. The van der Waals surface area contributed by atoms with Crippen LogP contribution in [0.2, 0.25) is 0 Å². The quantitative estimate of drug-likeness (QED) is 0.797. The molecule has 0 unspecified atom stereocenters. The second kappa shape index (κ2) is 7.97. The molecule has 1 saturated heterocycles. The van der Waals surface area contributed by atoms with Gasteiger partial charge in [0, 0.05) is 56.4 Å². The van der Waals surface area contributed by atoms with Crippen molar-refractivity contribution in [2.24, 2.45) is 5.92 Å². The van der Waals surface area contributed by atoms with Gasteiger partial charge in [-0.15, -0.1) is 0 Å². The van der Waals surface area contributed by atoms with E-state index in [0.29, 0.717) is 11.9 Å². The number of carbonyl (C=O) groups is 1. The first-order chi connectivity index (χ1) is 11.6. The summed E-state index contributed by atoms with van der Waals surface area (Å²) in [6.45, 7) is 9.00. The molecule has 1 amide bonds. The predicted octanol–water partition coefficient (Wildman–Crippen LogP) is 2.85. The predicted molar refractivity (Wildman–Crippen MR) is 95.6 cm³/mol. The van der Waals surface area contributed by atoms with Crippen LogP contribution in [0.25, 0.3) is 0 Å². The highest BCUT2D eigenvalue weighted by Gasteiger charge is 2.26. The SMILES string of the molecule is CC(C)n1cc(CN2CCCN(C(=O)[C@H]3CC=CCC3)CC2)cn1. The summed E-state index contributed by atoms with van der Waals surface area (Å²) < 4.78 is 2.01. The average Bonchev–Trinajstić information content (AvgIpc) is 2.94. The first-order valence-corrected chi connectivity index (χ1v) is 9.32. The zero-order chi connectivity index (χ0) is 16.9. The summed E-state index contributed by atoms with van der Waals surface area (Å²) in [5.74, 6) is 0.583. The van der Waals surface area contributed by atoms with Crippen LogP contribution in [-0.4, -0.2) is 51.7 Å². The lowest BCUT2D eigenvalue weighted by Gasteiger charge is -2.27. The van der Waals surface area contributed by atoms with Crippen LogP contribution < -0.4 is 0 Å². The van der Waals surface area contributed by atoms with Crippen LogP contribution in [0.1, 0.15) is 51.1 Å². The van der Waals surface area contributed by atoms with Crippen molar-refractivity contribution in [1.29, 1.82) is 0 Å². The summed E-state index contributed by atoms with van der Waals surface area (Å²) in [7, 11) is 0. The molecule has 0 bridgehead atoms. The highest BCUT2D eigenvalue weighted by molar-refractivity contribution is 5.79. The number of allylic oxidation sites excluding steroid dienone is 2. The van der Waals surface area contributed by atoms with E-state index in [4.69, 9.17) is 0 Å². The highest BCUT2D eigenvalue weighted by atomic mass is 16.2. The van der Waals surface area contributed by atoms with Crippen LogP contribution >= 0.6 is 0 Å². The first-order valence-electron chi connectivity index (χ1n) is 9.32. The lowest BCUT2D eigenvalue weighted by Crippen LogP contribution is -2.39. The molecular formula is C19H30N4O. The third kappa shape index (κ3) is 4.26. The van der Waals surface area contributed by atoms with E-state index in [1.54, 1.807) is 0 Å². The van der Waals surface area contributed by atoms with Crippen LogP contribution in [-0.2, 0) is 11.3 Å². The minimum Gasteiger partial charge on any atom is -0.341 e. The molecule has 1 atom stereocenters. The Morgan fingerprint density at radius 1 is 1.25 bits per heavy atom. The molecule has 0 aromatic carbocycles. The topological polar surface area (TPSA) is 41.4 Å². The van der Waals surface area contributed by atoms with E-state index >= 15 is 0 Å². The molecule has 1 fully saturated rings. The molecule has 0 spiro atoms. The number of hydrogen-bond acceptors (Lipinski definition) is 3. The molecule has 132 valence electrons. The summed E-state index contributed by atoms with van der Waals surface area (Å²) >= 11 is 0. The molecule has 2 heterocycles. The molecule has 1 aliphatic carbocycles. The molecular weight excluding hydrogens is 300 g/mol. The van der Waals surface area contributed by atoms with Gasteiger partial charge in [-0.1, -0.05) is 12.2 Å². The maximum absolute atomic E-state index is 12.7. The molecule has 5 heteroatoms. The number of hydrogen-bond donors (Lipinski definition) is 0. The fraction of sp³-hybridized carbons (Fsp3) is 0.684. The van der Waals surface area contributed by atoms with Gasteiger partial charge < -0.3 is 4.90 Å². The van der Waals surface area contributed by atoms with E-state index in [1.165, 1.54) is 5.56 Å². The van der Waals surface area contributed by atoms with Crippen molar-refractivity contribution >= 4 is 5.91 Å². The maximum atomic E-state index is 12.7. The minimum atomic E-state index is 0.214. The standard InChI is InChI=1S/C19H30N4O/c1-16(2)23-15-17(13-20-23)14-21-9-6-10-22(12-11-21)19(24)18-7-4-3-5-8-18/h3-4,13,15-16,18H,5-12,14H2,1-2H3/t18-/m0/s1. The van der Waals surface area contributed by atoms with E-state index in [0.717, 1.165) is 58.4 Å². The Kier molecular flexibility index (Phi) is 5.72. The van der Waals surface area contributed by atoms with E-state index in [2.05, 4.69) is 47.1 Å². The van der Waals surface area contributed by atoms with Crippen LogP contribution in [0.3, 0.4) is 0 Å². The largest absolute Gasteiger partial charge is 0.341 e. The number of nitrogens with zero attached hydrogens (tertiary/aromatic N) is 4. The highest BCUT2D eigenvalue weighted by Crippen LogP contribution is 2.21. The van der Waals surface area contributed by atoms with Crippen molar-refractivity contribution in [2.45, 2.75) is 52.1 Å². The van der Waals surface area contributed by atoms with Gasteiger partial charge in [-0.3, -0.25) is 14.4 Å². The monoisotopic (exact) mass is 330 g/mol. The Morgan fingerprint density at radius 2 is 2.12 bits per heavy atom. The van der Waals surface area contributed by atoms with Crippen molar-refractivity contribution in [3.05, 3.63) is 30.1 Å². The van der Waals surface area contributed by atoms with Crippen molar-refractivity contribution in [1.82, 2.24) is 19.6 Å². The molecule has 1 aromatic heterocycles. The van der Waals surface area contributed by atoms with E-state index < -0.39 is 0 Å². The van der Waals surface area contributed by atoms with Crippen molar-refractivity contribution in [3.8, 4) is 0 Å². The van der Waals surface area contributed by atoms with E-state index in [9.17, 15) is 4.79 Å². The second-order valence-corrected chi connectivity index (χ2v) is 7.36. The van der Waals surface area contributed by atoms with Crippen molar-refractivity contribution in [3.63, 3.8) is 0 Å². The minimum absolute atomic E-state index is 0.214. The van der Waals surface area contributed by atoms with Crippen LogP contribution in [0.4, 0.5) is 0 Å². The van der Waals surface area contributed by atoms with Crippen LogP contribution in [0, 0.1) is 5.92 Å². The Hall–Kier alpha value is -1.62. The van der Waals surface area contributed by atoms with Gasteiger partial charge in [0.25, 0.3) is 0 Å². The molecule has 24 heavy (non-hydrogen) atoms.